The number of fused-ring (bicyclic) bond motifs is 3. The highest BCUT2D eigenvalue weighted by Gasteiger charge is 2.28. The molecule has 0 aliphatic carbocycles. The van der Waals surface area contributed by atoms with Crippen molar-refractivity contribution in [2.45, 2.75) is 0 Å². The second-order valence-corrected chi connectivity index (χ2v) is 5.13. The number of pyridine rings is 1. The Morgan fingerprint density at radius 1 is 1.20 bits per heavy atom. The van der Waals surface area contributed by atoms with Crippen LogP contribution in [-0.2, 0) is 0 Å². The van der Waals surface area contributed by atoms with Gasteiger partial charge in [-0.2, -0.15) is 9.49 Å². The van der Waals surface area contributed by atoms with Crippen LogP contribution in [0, 0.1) is 21.7 Å². The number of nitro groups is 1. The van der Waals surface area contributed by atoms with E-state index >= 15 is 0 Å². The number of aromatic nitrogens is 3. The number of nitrogens with one attached hydrogen (secondary N) is 2. The van der Waals surface area contributed by atoms with Crippen molar-refractivity contribution in [2.24, 2.45) is 4.99 Å². The molecule has 4 rings (SSSR count). The Kier molecular flexibility index (Phi) is 3.24. The van der Waals surface area contributed by atoms with E-state index in [-0.39, 0.29) is 11.7 Å². The zero-order chi connectivity index (χ0) is 17.6. The number of aliphatic imine (C=N–C) groups is 1. The normalized spacial score (nSPS) is 12.5. The zero-order valence-corrected chi connectivity index (χ0v) is 12.3. The third-order valence-corrected chi connectivity index (χ3v) is 3.67. The van der Waals surface area contributed by atoms with Crippen molar-refractivity contribution in [3.63, 3.8) is 0 Å². The molecule has 1 aliphatic heterocycles. The van der Waals surface area contributed by atoms with E-state index in [0.717, 1.165) is 12.1 Å². The Balaban J connectivity index is 1.98. The average molecular weight is 342 g/mol. The summed E-state index contributed by atoms with van der Waals surface area (Å²) < 4.78 is 28.8. The molecule has 3 aromatic rings. The molecule has 1 aliphatic rings. The molecule has 2 aromatic heterocycles. The van der Waals surface area contributed by atoms with E-state index < -0.39 is 27.8 Å². The van der Waals surface area contributed by atoms with Crippen molar-refractivity contribution in [3.8, 4) is 11.3 Å². The highest BCUT2D eigenvalue weighted by Crippen LogP contribution is 2.36. The minimum atomic E-state index is -1.32. The van der Waals surface area contributed by atoms with E-state index in [1.807, 2.05) is 0 Å². The fourth-order valence-electron chi connectivity index (χ4n) is 2.55. The molecule has 0 saturated carbocycles. The zero-order valence-electron chi connectivity index (χ0n) is 12.3. The van der Waals surface area contributed by atoms with Gasteiger partial charge in [-0.15, -0.1) is 0 Å². The maximum atomic E-state index is 14.5. The molecule has 10 heteroatoms. The quantitative estimate of drug-likeness (QED) is 0.549. The van der Waals surface area contributed by atoms with Crippen LogP contribution in [0.3, 0.4) is 0 Å². The first-order valence-electron chi connectivity index (χ1n) is 7.03. The second-order valence-electron chi connectivity index (χ2n) is 5.13. The van der Waals surface area contributed by atoms with Gasteiger partial charge in [0.05, 0.1) is 28.1 Å². The molecular formula is C15H8F2N6O2. The summed E-state index contributed by atoms with van der Waals surface area (Å²) in [6.07, 6.45) is 2.89. The van der Waals surface area contributed by atoms with Crippen molar-refractivity contribution < 1.29 is 13.7 Å². The summed E-state index contributed by atoms with van der Waals surface area (Å²) in [6.45, 7) is 0. The van der Waals surface area contributed by atoms with Gasteiger partial charge in [-0.05, 0) is 18.2 Å². The largest absolute Gasteiger partial charge is 0.336 e. The summed E-state index contributed by atoms with van der Waals surface area (Å²) in [5.74, 6) is -2.35. The Morgan fingerprint density at radius 3 is 2.84 bits per heavy atom. The second kappa shape index (κ2) is 5.44. The van der Waals surface area contributed by atoms with E-state index in [0.29, 0.717) is 16.9 Å². The fraction of sp³-hybridized carbons (Fsp3) is 0. The van der Waals surface area contributed by atoms with Gasteiger partial charge < -0.3 is 5.32 Å². The molecule has 8 nitrogen and oxygen atoms in total. The summed E-state index contributed by atoms with van der Waals surface area (Å²) in [5.41, 5.74) is 0.0336. The first-order chi connectivity index (χ1) is 12.1. The molecule has 3 heterocycles. The van der Waals surface area contributed by atoms with Gasteiger partial charge in [0.1, 0.15) is 11.7 Å². The molecular weight excluding hydrogens is 334 g/mol. The Morgan fingerprint density at radius 2 is 2.04 bits per heavy atom. The van der Waals surface area contributed by atoms with Crippen molar-refractivity contribution in [3.05, 3.63) is 64.0 Å². The third kappa shape index (κ3) is 2.31. The van der Waals surface area contributed by atoms with Crippen molar-refractivity contribution in [1.29, 1.82) is 0 Å². The van der Waals surface area contributed by atoms with Gasteiger partial charge >= 0.3 is 5.69 Å². The van der Waals surface area contributed by atoms with Crippen LogP contribution in [0.15, 0.2) is 41.7 Å². The van der Waals surface area contributed by atoms with Crippen molar-refractivity contribution in [1.82, 2.24) is 15.2 Å². The molecule has 0 amide bonds. The van der Waals surface area contributed by atoms with Gasteiger partial charge in [0.25, 0.3) is 0 Å². The van der Waals surface area contributed by atoms with E-state index in [1.54, 1.807) is 12.1 Å². The van der Waals surface area contributed by atoms with E-state index in [2.05, 4.69) is 25.5 Å². The van der Waals surface area contributed by atoms with Crippen LogP contribution in [0.5, 0.6) is 0 Å². The van der Waals surface area contributed by atoms with Crippen LogP contribution >= 0.6 is 0 Å². The summed E-state index contributed by atoms with van der Waals surface area (Å²) >= 11 is 0. The number of hydrogen-bond acceptors (Lipinski definition) is 6. The molecule has 1 aromatic carbocycles. The lowest BCUT2D eigenvalue weighted by molar-refractivity contribution is -0.387. The minimum absolute atomic E-state index is 0.193. The molecule has 2 N–H and O–H groups in total. The van der Waals surface area contributed by atoms with E-state index in [9.17, 15) is 18.9 Å². The van der Waals surface area contributed by atoms with Crippen LogP contribution in [0.4, 0.5) is 26.0 Å². The maximum absolute atomic E-state index is 14.5. The fourth-order valence-corrected chi connectivity index (χ4v) is 2.55. The third-order valence-electron chi connectivity index (χ3n) is 3.67. The van der Waals surface area contributed by atoms with Crippen molar-refractivity contribution >= 4 is 23.0 Å². The number of halogens is 2. The number of aromatic amines is 1. The monoisotopic (exact) mass is 342 g/mol. The summed E-state index contributed by atoms with van der Waals surface area (Å²) in [7, 11) is 0. The van der Waals surface area contributed by atoms with Crippen LogP contribution in [0.25, 0.3) is 11.3 Å². The van der Waals surface area contributed by atoms with Gasteiger partial charge in [-0.1, -0.05) is 0 Å². The molecule has 0 saturated heterocycles. The number of hydrogen-bond donors (Lipinski definition) is 2. The van der Waals surface area contributed by atoms with Gasteiger partial charge in [-0.3, -0.25) is 15.2 Å². The van der Waals surface area contributed by atoms with Gasteiger partial charge in [0, 0.05) is 17.8 Å². The molecule has 0 radical (unpaired) electrons. The lowest BCUT2D eigenvalue weighted by Crippen LogP contribution is -2.17. The number of rotatable bonds is 2. The number of nitrogens with zero attached hydrogens (tertiary/aromatic N) is 4. The first kappa shape index (κ1) is 14.9. The van der Waals surface area contributed by atoms with Crippen molar-refractivity contribution in [2.75, 3.05) is 5.32 Å². The predicted molar refractivity (Wildman–Crippen MR) is 84.7 cm³/mol. The van der Waals surface area contributed by atoms with Gasteiger partial charge in [-0.25, -0.2) is 14.4 Å². The lowest BCUT2D eigenvalue weighted by atomic mass is 10.1. The van der Waals surface area contributed by atoms with Gasteiger partial charge in [0.15, 0.2) is 5.82 Å². The van der Waals surface area contributed by atoms with Crippen LogP contribution in [0.1, 0.15) is 5.56 Å². The Bertz CT molecular complexity index is 1050. The molecule has 0 bridgehead atoms. The minimum Gasteiger partial charge on any atom is -0.336 e. The summed E-state index contributed by atoms with van der Waals surface area (Å²) in [4.78, 5) is 18.3. The molecule has 25 heavy (non-hydrogen) atoms. The highest BCUT2D eigenvalue weighted by molar-refractivity contribution is 6.13. The smallest absolute Gasteiger partial charge is 0.305 e. The molecule has 0 spiro atoms. The Hall–Kier alpha value is -3.69. The number of nitro benzene ring substituents is 1. The number of anilines is 1. The highest BCUT2D eigenvalue weighted by atomic mass is 19.1. The SMILES string of the molecule is O=[N+]([O-])c1ccc(F)c(C2=Nc3ncccc3-c3[nH]ncc3N2)c1F. The van der Waals surface area contributed by atoms with Crippen LogP contribution in [0.2, 0.25) is 0 Å². The van der Waals surface area contributed by atoms with Crippen LogP contribution < -0.4 is 5.32 Å². The van der Waals surface area contributed by atoms with E-state index in [1.165, 1.54) is 12.4 Å². The van der Waals surface area contributed by atoms with Crippen LogP contribution in [-0.4, -0.2) is 25.9 Å². The Labute approximate surface area is 138 Å². The standard InChI is InChI=1S/C15H8F2N6O2/c16-8-3-4-10(23(24)25)12(17)11(8)15-20-9-6-19-22-13(9)7-2-1-5-18-14(7)21-15/h1-6H,(H,19,22)(H,18,20,21). The summed E-state index contributed by atoms with van der Waals surface area (Å²) in [6, 6.07) is 4.98. The molecule has 124 valence electrons. The van der Waals surface area contributed by atoms with E-state index in [4.69, 9.17) is 0 Å². The number of amidine groups is 1. The molecule has 0 atom stereocenters. The average Bonchev–Trinajstić information content (AvgIpc) is 2.97. The maximum Gasteiger partial charge on any atom is 0.305 e. The topological polar surface area (TPSA) is 109 Å². The van der Waals surface area contributed by atoms with Gasteiger partial charge in [0.2, 0.25) is 5.82 Å². The first-order valence-corrected chi connectivity index (χ1v) is 7.03. The predicted octanol–water partition coefficient (Wildman–Crippen LogP) is 3.16. The molecule has 0 unspecified atom stereocenters. The lowest BCUT2D eigenvalue weighted by Gasteiger charge is -2.09. The molecule has 0 fully saturated rings. The summed E-state index contributed by atoms with van der Waals surface area (Å²) in [5, 5.41) is 20.4. The number of benzene rings is 1. The number of H-pyrrole nitrogens is 1.